The van der Waals surface area contributed by atoms with Gasteiger partial charge in [-0.1, -0.05) is 30.2 Å². The van der Waals surface area contributed by atoms with Crippen LogP contribution in [0.5, 0.6) is 5.75 Å². The molecule has 102 valence electrons. The van der Waals surface area contributed by atoms with E-state index >= 15 is 0 Å². The molecule has 0 fully saturated rings. The van der Waals surface area contributed by atoms with E-state index in [1.165, 1.54) is 12.1 Å². The third kappa shape index (κ3) is 3.37. The fourth-order valence-corrected chi connectivity index (χ4v) is 1.96. The van der Waals surface area contributed by atoms with Gasteiger partial charge in [0.15, 0.2) is 0 Å². The van der Waals surface area contributed by atoms with Gasteiger partial charge >= 0.3 is 0 Å². The molecule has 0 aliphatic heterocycles. The van der Waals surface area contributed by atoms with Gasteiger partial charge in [0.25, 0.3) is 0 Å². The Kier molecular flexibility index (Phi) is 4.75. The molecule has 0 amide bonds. The summed E-state index contributed by atoms with van der Waals surface area (Å²) in [6.07, 6.45) is 5.59. The highest BCUT2D eigenvalue weighted by Gasteiger charge is 2.11. The number of hydrogen-bond acceptors (Lipinski definition) is 2. The van der Waals surface area contributed by atoms with E-state index in [1.807, 2.05) is 12.1 Å². The summed E-state index contributed by atoms with van der Waals surface area (Å²) in [5, 5.41) is 8.70. The van der Waals surface area contributed by atoms with Gasteiger partial charge in [0.05, 0.1) is 12.5 Å². The van der Waals surface area contributed by atoms with Crippen molar-refractivity contribution in [3.05, 3.63) is 65.5 Å². The molecule has 1 N–H and O–H groups in total. The molecule has 2 aromatic rings. The van der Waals surface area contributed by atoms with Crippen LogP contribution in [0, 0.1) is 18.2 Å². The van der Waals surface area contributed by atoms with E-state index in [2.05, 4.69) is 5.92 Å². The van der Waals surface area contributed by atoms with Crippen LogP contribution in [0.1, 0.15) is 17.0 Å². The van der Waals surface area contributed by atoms with Crippen molar-refractivity contribution in [2.45, 2.75) is 5.92 Å². The fraction of sp³-hybridized carbons (Fsp3) is 0.176. The van der Waals surface area contributed by atoms with Crippen molar-refractivity contribution in [2.24, 2.45) is 0 Å². The Balaban J connectivity index is 2.20. The van der Waals surface area contributed by atoms with Gasteiger partial charge in [0.1, 0.15) is 18.2 Å². The second-order valence-electron chi connectivity index (χ2n) is 4.29. The van der Waals surface area contributed by atoms with Gasteiger partial charge in [0, 0.05) is 0 Å². The number of halogens is 1. The third-order valence-electron chi connectivity index (χ3n) is 2.94. The highest BCUT2D eigenvalue weighted by Crippen LogP contribution is 2.25. The predicted molar refractivity (Wildman–Crippen MR) is 76.1 cm³/mol. The van der Waals surface area contributed by atoms with Gasteiger partial charge in [-0.05, 0) is 35.4 Å². The van der Waals surface area contributed by atoms with Crippen LogP contribution in [0.15, 0.2) is 48.5 Å². The van der Waals surface area contributed by atoms with Crippen LogP contribution in [0.25, 0.3) is 0 Å². The number of hydrogen-bond donors (Lipinski definition) is 1. The summed E-state index contributed by atoms with van der Waals surface area (Å²) in [5.41, 5.74) is 1.81. The first kappa shape index (κ1) is 14.1. The van der Waals surface area contributed by atoms with Gasteiger partial charge in [-0.15, -0.1) is 6.42 Å². The van der Waals surface area contributed by atoms with Crippen LogP contribution in [-0.4, -0.2) is 18.3 Å². The lowest BCUT2D eigenvalue weighted by Gasteiger charge is -2.12. The molecular weight excluding hydrogens is 255 g/mol. The molecule has 0 aliphatic carbocycles. The molecule has 0 bridgehead atoms. The van der Waals surface area contributed by atoms with Crippen molar-refractivity contribution in [2.75, 3.05) is 13.2 Å². The van der Waals surface area contributed by atoms with Crippen molar-refractivity contribution in [3.8, 4) is 18.1 Å². The van der Waals surface area contributed by atoms with Crippen molar-refractivity contribution < 1.29 is 14.2 Å². The average Bonchev–Trinajstić information content (AvgIpc) is 2.49. The predicted octanol–water partition coefficient (Wildman–Crippen LogP) is 2.96. The highest BCUT2D eigenvalue weighted by molar-refractivity contribution is 5.41. The number of aliphatic hydroxyl groups is 1. The quantitative estimate of drug-likeness (QED) is 0.846. The zero-order chi connectivity index (χ0) is 14.4. The van der Waals surface area contributed by atoms with Crippen LogP contribution in [0.2, 0.25) is 0 Å². The fourth-order valence-electron chi connectivity index (χ4n) is 1.96. The van der Waals surface area contributed by atoms with Crippen LogP contribution in [-0.2, 0) is 0 Å². The van der Waals surface area contributed by atoms with Gasteiger partial charge in [0.2, 0.25) is 0 Å². The largest absolute Gasteiger partial charge is 0.491 e. The molecule has 0 aromatic heterocycles. The lowest BCUT2D eigenvalue weighted by molar-refractivity contribution is 0.201. The summed E-state index contributed by atoms with van der Waals surface area (Å²) in [7, 11) is 0. The Hall–Kier alpha value is -2.31. The summed E-state index contributed by atoms with van der Waals surface area (Å²) in [5.74, 6) is 2.89. The summed E-state index contributed by atoms with van der Waals surface area (Å²) in [4.78, 5) is 0. The van der Waals surface area contributed by atoms with Crippen molar-refractivity contribution >= 4 is 0 Å². The topological polar surface area (TPSA) is 29.5 Å². The summed E-state index contributed by atoms with van der Waals surface area (Å²) in [6.45, 7) is 0.236. The molecular formula is C17H15FO2. The van der Waals surface area contributed by atoms with E-state index in [0.29, 0.717) is 5.75 Å². The maximum absolute atomic E-state index is 12.9. The molecule has 0 aliphatic rings. The normalized spacial score (nSPS) is 11.7. The van der Waals surface area contributed by atoms with E-state index in [4.69, 9.17) is 16.3 Å². The number of terminal acetylenes is 1. The van der Waals surface area contributed by atoms with Crippen LogP contribution in [0.3, 0.4) is 0 Å². The van der Waals surface area contributed by atoms with Crippen LogP contribution in [0.4, 0.5) is 4.39 Å². The first-order chi connectivity index (χ1) is 9.74. The standard InChI is InChI=1S/C17H15FO2/c1-2-17(13-3-7-15(18)8-4-13)14-5-9-16(10-6-14)20-12-11-19/h1,3-10,17,19H,11-12H2. The van der Waals surface area contributed by atoms with E-state index in [9.17, 15) is 4.39 Å². The monoisotopic (exact) mass is 270 g/mol. The Morgan fingerprint density at radius 1 is 1.05 bits per heavy atom. The molecule has 0 heterocycles. The van der Waals surface area contributed by atoms with Gasteiger partial charge in [-0.2, -0.15) is 0 Å². The summed E-state index contributed by atoms with van der Waals surface area (Å²) < 4.78 is 18.2. The smallest absolute Gasteiger partial charge is 0.123 e. The van der Waals surface area contributed by atoms with E-state index in [0.717, 1.165) is 11.1 Å². The number of rotatable bonds is 5. The van der Waals surface area contributed by atoms with Gasteiger partial charge < -0.3 is 9.84 Å². The second kappa shape index (κ2) is 6.74. The molecule has 20 heavy (non-hydrogen) atoms. The Labute approximate surface area is 117 Å². The second-order valence-corrected chi connectivity index (χ2v) is 4.29. The maximum Gasteiger partial charge on any atom is 0.123 e. The number of aliphatic hydroxyl groups excluding tert-OH is 1. The zero-order valence-electron chi connectivity index (χ0n) is 10.9. The summed E-state index contributed by atoms with van der Waals surface area (Å²) in [6, 6.07) is 13.5. The Morgan fingerprint density at radius 3 is 2.10 bits per heavy atom. The minimum absolute atomic E-state index is 0.0235. The zero-order valence-corrected chi connectivity index (χ0v) is 10.9. The van der Waals surface area contributed by atoms with E-state index in [-0.39, 0.29) is 24.9 Å². The molecule has 0 saturated heterocycles. The van der Waals surface area contributed by atoms with Crippen LogP contribution < -0.4 is 4.74 Å². The van der Waals surface area contributed by atoms with Gasteiger partial charge in [-0.3, -0.25) is 0 Å². The molecule has 1 unspecified atom stereocenters. The first-order valence-corrected chi connectivity index (χ1v) is 6.30. The molecule has 0 spiro atoms. The van der Waals surface area contributed by atoms with Crippen molar-refractivity contribution in [1.82, 2.24) is 0 Å². The van der Waals surface area contributed by atoms with Gasteiger partial charge in [-0.25, -0.2) is 4.39 Å². The average molecular weight is 270 g/mol. The SMILES string of the molecule is C#CC(c1ccc(F)cc1)c1ccc(OCCO)cc1. The highest BCUT2D eigenvalue weighted by atomic mass is 19.1. The molecule has 2 nitrogen and oxygen atoms in total. The molecule has 2 aromatic carbocycles. The maximum atomic E-state index is 12.9. The van der Waals surface area contributed by atoms with E-state index < -0.39 is 0 Å². The minimum Gasteiger partial charge on any atom is -0.491 e. The van der Waals surface area contributed by atoms with Crippen LogP contribution >= 0.6 is 0 Å². The summed E-state index contributed by atoms with van der Waals surface area (Å²) >= 11 is 0. The number of benzene rings is 2. The lowest BCUT2D eigenvalue weighted by Crippen LogP contribution is -2.02. The van der Waals surface area contributed by atoms with Crippen molar-refractivity contribution in [3.63, 3.8) is 0 Å². The minimum atomic E-state index is -0.280. The molecule has 3 heteroatoms. The molecule has 0 saturated carbocycles. The molecule has 1 atom stereocenters. The Morgan fingerprint density at radius 2 is 1.60 bits per heavy atom. The van der Waals surface area contributed by atoms with E-state index in [1.54, 1.807) is 24.3 Å². The Bertz CT molecular complexity index is 582. The first-order valence-electron chi connectivity index (χ1n) is 6.30. The lowest BCUT2D eigenvalue weighted by atomic mass is 9.92. The third-order valence-corrected chi connectivity index (χ3v) is 2.94. The number of ether oxygens (including phenoxy) is 1. The van der Waals surface area contributed by atoms with Crippen molar-refractivity contribution in [1.29, 1.82) is 0 Å². The molecule has 2 rings (SSSR count). The molecule has 0 radical (unpaired) electrons.